The molecule has 10 aromatic carbocycles. The summed E-state index contributed by atoms with van der Waals surface area (Å²) in [5, 5.41) is 14.5. The van der Waals surface area contributed by atoms with Gasteiger partial charge in [-0.15, -0.1) is 0 Å². The van der Waals surface area contributed by atoms with E-state index in [1.54, 1.807) is 0 Å². The maximum absolute atomic E-state index is 4.95. The van der Waals surface area contributed by atoms with E-state index in [-0.39, 0.29) is 0 Å². The summed E-state index contributed by atoms with van der Waals surface area (Å²) >= 11 is 0. The van der Waals surface area contributed by atoms with E-state index in [4.69, 9.17) is 9.97 Å². The monoisotopic (exact) mass is 775 g/mol. The molecule has 0 aliphatic carbocycles. The predicted molar refractivity (Wildman–Crippen MR) is 258 cm³/mol. The third-order valence-electron chi connectivity index (χ3n) is 12.3. The van der Waals surface area contributed by atoms with E-state index in [0.29, 0.717) is 0 Å². The van der Waals surface area contributed by atoms with Crippen LogP contribution in [0.25, 0.3) is 98.3 Å². The van der Waals surface area contributed by atoms with E-state index < -0.39 is 0 Å². The molecule has 0 saturated carbocycles. The van der Waals surface area contributed by atoms with Crippen molar-refractivity contribution in [1.82, 2.24) is 9.97 Å². The zero-order valence-electron chi connectivity index (χ0n) is 33.2. The molecule has 61 heavy (non-hydrogen) atoms. The minimum absolute atomic E-state index is 0.953. The minimum Gasteiger partial charge on any atom is -0.310 e. The van der Waals surface area contributed by atoms with Gasteiger partial charge in [-0.2, -0.15) is 0 Å². The van der Waals surface area contributed by atoms with Crippen molar-refractivity contribution in [3.8, 4) is 33.6 Å². The van der Waals surface area contributed by atoms with Crippen LogP contribution in [0.5, 0.6) is 0 Å². The zero-order valence-corrected chi connectivity index (χ0v) is 33.2. The molecule has 12 aromatic rings. The molecule has 0 fully saturated rings. The number of benzene rings is 10. The van der Waals surface area contributed by atoms with E-state index in [1.807, 2.05) is 12.4 Å². The fourth-order valence-corrected chi connectivity index (χ4v) is 9.14. The zero-order chi connectivity index (χ0) is 40.3. The topological polar surface area (TPSA) is 29.0 Å². The van der Waals surface area contributed by atoms with Crippen molar-refractivity contribution in [2.24, 2.45) is 0 Å². The highest BCUT2D eigenvalue weighted by molar-refractivity contribution is 6.11. The van der Waals surface area contributed by atoms with E-state index in [2.05, 4.69) is 217 Å². The average Bonchev–Trinajstić information content (AvgIpc) is 3.34. The third kappa shape index (κ3) is 6.14. The summed E-state index contributed by atoms with van der Waals surface area (Å²) in [6.45, 7) is 0. The van der Waals surface area contributed by atoms with Gasteiger partial charge in [-0.25, -0.2) is 0 Å². The quantitative estimate of drug-likeness (QED) is 0.158. The Morgan fingerprint density at radius 2 is 0.656 bits per heavy atom. The van der Waals surface area contributed by atoms with Gasteiger partial charge in [0.2, 0.25) is 0 Å². The van der Waals surface area contributed by atoms with Crippen molar-refractivity contribution in [3.05, 3.63) is 225 Å². The van der Waals surface area contributed by atoms with Crippen LogP contribution in [0.15, 0.2) is 225 Å². The standard InChI is InChI=1S/C58H37N3/c1-2-8-38(9-3-1)43-24-30-53-44(32-43)18-19-45-33-50(29-31-54(45)53)61(48-25-20-41(21-26-48)57-34-46-16-14-39-10-4-6-12-51(39)55(46)36-59-57)49-27-22-42(23-28-49)58-35-47-17-15-40-11-5-7-13-52(40)56(47)37-60-58/h1-37H. The van der Waals surface area contributed by atoms with Crippen LogP contribution >= 0.6 is 0 Å². The van der Waals surface area contributed by atoms with E-state index in [0.717, 1.165) is 39.6 Å². The maximum Gasteiger partial charge on any atom is 0.0708 e. The van der Waals surface area contributed by atoms with Gasteiger partial charge in [0.25, 0.3) is 0 Å². The third-order valence-corrected chi connectivity index (χ3v) is 12.3. The van der Waals surface area contributed by atoms with Gasteiger partial charge < -0.3 is 4.90 Å². The lowest BCUT2D eigenvalue weighted by Crippen LogP contribution is -2.10. The van der Waals surface area contributed by atoms with Crippen LogP contribution in [-0.2, 0) is 0 Å². The summed E-state index contributed by atoms with van der Waals surface area (Å²) in [6, 6.07) is 76.5. The van der Waals surface area contributed by atoms with Gasteiger partial charge in [0.1, 0.15) is 0 Å². The van der Waals surface area contributed by atoms with Crippen LogP contribution in [0.1, 0.15) is 0 Å². The number of fused-ring (bicyclic) bond motifs is 9. The molecule has 0 amide bonds. The first kappa shape index (κ1) is 34.9. The fraction of sp³-hybridized carbons (Fsp3) is 0. The largest absolute Gasteiger partial charge is 0.310 e. The van der Waals surface area contributed by atoms with Crippen LogP contribution in [0, 0.1) is 0 Å². The van der Waals surface area contributed by atoms with Gasteiger partial charge >= 0.3 is 0 Å². The Morgan fingerprint density at radius 3 is 1.21 bits per heavy atom. The lowest BCUT2D eigenvalue weighted by Gasteiger charge is -2.26. The van der Waals surface area contributed by atoms with Gasteiger partial charge in [0.05, 0.1) is 11.4 Å². The molecule has 0 aliphatic heterocycles. The predicted octanol–water partition coefficient (Wildman–Crippen LogP) is 15.9. The molecular weight excluding hydrogens is 739 g/mol. The van der Waals surface area contributed by atoms with E-state index in [1.165, 1.54) is 75.8 Å². The molecule has 0 spiro atoms. The minimum atomic E-state index is 0.953. The Morgan fingerprint density at radius 1 is 0.246 bits per heavy atom. The number of anilines is 3. The SMILES string of the molecule is c1ccc(-c2ccc3c(ccc4cc(N(c5ccc(-c6cc7ccc8ccccc8c7cn6)cc5)c5ccc(-c6cc7ccc8ccccc8c7cn6)cc5)ccc43)c2)cc1. The van der Waals surface area contributed by atoms with E-state index >= 15 is 0 Å². The average molecular weight is 776 g/mol. The van der Waals surface area contributed by atoms with Crippen LogP contribution in [0.4, 0.5) is 17.1 Å². The first-order chi connectivity index (χ1) is 30.2. The van der Waals surface area contributed by atoms with Crippen molar-refractivity contribution >= 4 is 81.7 Å². The van der Waals surface area contributed by atoms with Crippen molar-refractivity contribution in [2.75, 3.05) is 4.90 Å². The molecule has 0 aliphatic rings. The van der Waals surface area contributed by atoms with Gasteiger partial charge in [-0.1, -0.05) is 158 Å². The molecule has 0 bridgehead atoms. The second-order valence-corrected chi connectivity index (χ2v) is 15.9. The number of rotatable bonds is 6. The second-order valence-electron chi connectivity index (χ2n) is 15.9. The van der Waals surface area contributed by atoms with Gasteiger partial charge in [-0.05, 0) is 120 Å². The Kier molecular flexibility index (Phi) is 8.17. The second kappa shape index (κ2) is 14.3. The summed E-state index contributed by atoms with van der Waals surface area (Å²) < 4.78 is 0. The number of aromatic nitrogens is 2. The first-order valence-corrected chi connectivity index (χ1v) is 20.8. The summed E-state index contributed by atoms with van der Waals surface area (Å²) in [5.41, 5.74) is 9.71. The lowest BCUT2D eigenvalue weighted by molar-refractivity contribution is 1.28. The molecule has 12 rings (SSSR count). The number of nitrogens with zero attached hydrogens (tertiary/aromatic N) is 3. The molecule has 284 valence electrons. The Labute approximate surface area is 353 Å². The molecule has 2 aromatic heterocycles. The molecule has 0 atom stereocenters. The van der Waals surface area contributed by atoms with Crippen LogP contribution in [0.3, 0.4) is 0 Å². The summed E-state index contributed by atoms with van der Waals surface area (Å²) in [4.78, 5) is 12.2. The molecule has 0 unspecified atom stereocenters. The van der Waals surface area contributed by atoms with Crippen LogP contribution in [-0.4, -0.2) is 9.97 Å². The Balaban J connectivity index is 0.934. The van der Waals surface area contributed by atoms with Crippen molar-refractivity contribution in [3.63, 3.8) is 0 Å². The first-order valence-electron chi connectivity index (χ1n) is 20.8. The fourth-order valence-electron chi connectivity index (χ4n) is 9.14. The number of pyridine rings is 2. The van der Waals surface area contributed by atoms with Crippen molar-refractivity contribution in [2.45, 2.75) is 0 Å². The molecule has 3 heteroatoms. The summed E-state index contributed by atoms with van der Waals surface area (Å²) in [6.07, 6.45) is 4.03. The highest BCUT2D eigenvalue weighted by atomic mass is 15.1. The van der Waals surface area contributed by atoms with Crippen molar-refractivity contribution in [1.29, 1.82) is 0 Å². The van der Waals surface area contributed by atoms with Gasteiger partial charge in [0.15, 0.2) is 0 Å². The van der Waals surface area contributed by atoms with E-state index in [9.17, 15) is 0 Å². The van der Waals surface area contributed by atoms with Crippen LogP contribution < -0.4 is 4.90 Å². The van der Waals surface area contributed by atoms with Crippen molar-refractivity contribution < 1.29 is 0 Å². The van der Waals surface area contributed by atoms with Crippen LogP contribution in [0.2, 0.25) is 0 Å². The Bertz CT molecular complexity index is 3470. The molecular formula is C58H37N3. The molecule has 0 N–H and O–H groups in total. The van der Waals surface area contributed by atoms with Gasteiger partial charge in [0, 0.05) is 51.4 Å². The number of hydrogen-bond acceptors (Lipinski definition) is 3. The molecule has 0 radical (unpaired) electrons. The summed E-state index contributed by atoms with van der Waals surface area (Å²) in [5.74, 6) is 0. The maximum atomic E-state index is 4.95. The molecule has 0 saturated heterocycles. The van der Waals surface area contributed by atoms with Gasteiger partial charge in [-0.3, -0.25) is 9.97 Å². The smallest absolute Gasteiger partial charge is 0.0708 e. The Hall–Kier alpha value is -8.14. The number of hydrogen-bond donors (Lipinski definition) is 0. The normalized spacial score (nSPS) is 11.6. The highest BCUT2D eigenvalue weighted by Crippen LogP contribution is 2.40. The molecule has 2 heterocycles. The highest BCUT2D eigenvalue weighted by Gasteiger charge is 2.16. The summed E-state index contributed by atoms with van der Waals surface area (Å²) in [7, 11) is 0. The molecule has 3 nitrogen and oxygen atoms in total. The lowest BCUT2D eigenvalue weighted by atomic mass is 9.97.